The van der Waals surface area contributed by atoms with Gasteiger partial charge in [-0.3, -0.25) is 15.2 Å². The minimum absolute atomic E-state index is 0.0412. The molecule has 2 aliphatic heterocycles. The number of ether oxygens (including phenoxy) is 1. The summed E-state index contributed by atoms with van der Waals surface area (Å²) in [5.74, 6) is 0.106. The van der Waals surface area contributed by atoms with Gasteiger partial charge in [-0.25, -0.2) is 14.1 Å². The highest BCUT2D eigenvalue weighted by Gasteiger charge is 2.47. The van der Waals surface area contributed by atoms with E-state index in [2.05, 4.69) is 20.4 Å². The lowest BCUT2D eigenvalue weighted by atomic mass is 10.1. The molecule has 0 saturated carbocycles. The minimum atomic E-state index is -5.29. The second-order valence-electron chi connectivity index (χ2n) is 5.13. The summed E-state index contributed by atoms with van der Waals surface area (Å²) in [6.07, 6.45) is -2.96. The van der Waals surface area contributed by atoms with Crippen molar-refractivity contribution in [3.63, 3.8) is 0 Å². The first-order valence-electron chi connectivity index (χ1n) is 6.83. The van der Waals surface area contributed by atoms with Crippen LogP contribution < -0.4 is 5.48 Å². The molecule has 2 aliphatic rings. The summed E-state index contributed by atoms with van der Waals surface area (Å²) in [5.41, 5.74) is 1.80. The van der Waals surface area contributed by atoms with Crippen molar-refractivity contribution in [2.24, 2.45) is 4.99 Å². The van der Waals surface area contributed by atoms with Crippen molar-refractivity contribution < 1.29 is 52.8 Å². The van der Waals surface area contributed by atoms with Gasteiger partial charge >= 0.3 is 15.6 Å². The molecule has 1 saturated heterocycles. The van der Waals surface area contributed by atoms with Crippen LogP contribution in [0.4, 0.5) is 0 Å². The van der Waals surface area contributed by atoms with Crippen molar-refractivity contribution in [1.29, 1.82) is 0 Å². The molecule has 0 radical (unpaired) electrons. The SMILES string of the molecule is C=C1N=C(NO)C=CN1[C@@H]1O[C@H](COP(=O)(O)OP(=O)(O)O)[C@@H](O)[C@H]1O. The predicted molar refractivity (Wildman–Crippen MR) is 82.1 cm³/mol. The molecule has 26 heavy (non-hydrogen) atoms. The number of phosphoric ester groups is 1. The van der Waals surface area contributed by atoms with E-state index in [9.17, 15) is 24.2 Å². The lowest BCUT2D eigenvalue weighted by Gasteiger charge is -2.30. The number of aliphatic imine (C=N–C) groups is 1. The van der Waals surface area contributed by atoms with Crippen LogP contribution in [0.15, 0.2) is 29.7 Å². The molecule has 0 bridgehead atoms. The van der Waals surface area contributed by atoms with Crippen LogP contribution in [0, 0.1) is 0 Å². The van der Waals surface area contributed by atoms with E-state index in [-0.39, 0.29) is 11.7 Å². The van der Waals surface area contributed by atoms with Gasteiger partial charge in [0.1, 0.15) is 24.1 Å². The maximum absolute atomic E-state index is 11.4. The quantitative estimate of drug-likeness (QED) is 0.191. The van der Waals surface area contributed by atoms with E-state index in [1.54, 1.807) is 5.48 Å². The fourth-order valence-electron chi connectivity index (χ4n) is 2.19. The summed E-state index contributed by atoms with van der Waals surface area (Å²) in [4.78, 5) is 31.3. The zero-order valence-electron chi connectivity index (χ0n) is 12.9. The van der Waals surface area contributed by atoms with E-state index in [1.807, 2.05) is 0 Å². The lowest BCUT2D eigenvalue weighted by molar-refractivity contribution is -0.0685. The molecule has 148 valence electrons. The van der Waals surface area contributed by atoms with Crippen LogP contribution in [0.25, 0.3) is 0 Å². The number of hydrogen-bond donors (Lipinski definition) is 7. The van der Waals surface area contributed by atoms with Crippen LogP contribution in [0.2, 0.25) is 0 Å². The van der Waals surface area contributed by atoms with Crippen molar-refractivity contribution >= 4 is 21.5 Å². The molecule has 0 aromatic heterocycles. The third kappa shape index (κ3) is 5.19. The number of aliphatic hydroxyl groups is 2. The summed E-state index contributed by atoms with van der Waals surface area (Å²) in [6.45, 7) is 2.77. The molecule has 2 heterocycles. The Kier molecular flexibility index (Phi) is 6.38. The van der Waals surface area contributed by atoms with Crippen molar-refractivity contribution in [3.8, 4) is 0 Å². The van der Waals surface area contributed by atoms with Crippen molar-refractivity contribution in [2.75, 3.05) is 6.61 Å². The van der Waals surface area contributed by atoms with Crippen LogP contribution in [0.5, 0.6) is 0 Å². The van der Waals surface area contributed by atoms with E-state index in [4.69, 9.17) is 19.7 Å². The molecule has 5 atom stereocenters. The summed E-state index contributed by atoms with van der Waals surface area (Å²) < 4.78 is 35.3. The van der Waals surface area contributed by atoms with Gasteiger partial charge in [-0.05, 0) is 6.08 Å². The molecular formula is C10H17N3O11P2. The Balaban J connectivity index is 2.01. The summed E-state index contributed by atoms with van der Waals surface area (Å²) in [5, 5.41) is 28.8. The smallest absolute Gasteiger partial charge is 0.387 e. The first kappa shape index (κ1) is 21.2. The van der Waals surface area contributed by atoms with Crippen LogP contribution in [-0.2, 0) is 22.7 Å². The number of hydrogen-bond acceptors (Lipinski definition) is 11. The Hall–Kier alpha value is -1.15. The molecule has 1 unspecified atom stereocenters. The molecule has 0 aromatic carbocycles. The molecule has 0 aromatic rings. The number of phosphoric acid groups is 2. The fourth-order valence-corrected chi connectivity index (χ4v) is 3.79. The van der Waals surface area contributed by atoms with Crippen LogP contribution in [-0.4, -0.2) is 72.0 Å². The Bertz CT molecular complexity index is 706. The second kappa shape index (κ2) is 7.84. The Labute approximate surface area is 146 Å². The first-order chi connectivity index (χ1) is 11.9. The number of hydroxylamine groups is 1. The highest BCUT2D eigenvalue weighted by Crippen LogP contribution is 2.57. The molecule has 0 spiro atoms. The molecule has 2 rings (SSSR count). The van der Waals surface area contributed by atoms with E-state index in [1.165, 1.54) is 17.2 Å². The number of aliphatic hydroxyl groups excluding tert-OH is 2. The maximum Gasteiger partial charge on any atom is 0.481 e. The van der Waals surface area contributed by atoms with Gasteiger partial charge in [-0.2, -0.15) is 4.31 Å². The van der Waals surface area contributed by atoms with E-state index >= 15 is 0 Å². The van der Waals surface area contributed by atoms with Crippen LogP contribution in [0.1, 0.15) is 0 Å². The highest BCUT2D eigenvalue weighted by molar-refractivity contribution is 7.60. The van der Waals surface area contributed by atoms with Crippen molar-refractivity contribution in [2.45, 2.75) is 24.5 Å². The molecule has 0 aliphatic carbocycles. The average molecular weight is 417 g/mol. The summed E-state index contributed by atoms with van der Waals surface area (Å²) in [6, 6.07) is 0. The molecular weight excluding hydrogens is 400 g/mol. The number of nitrogens with zero attached hydrogens (tertiary/aromatic N) is 2. The van der Waals surface area contributed by atoms with Gasteiger partial charge in [0, 0.05) is 6.20 Å². The Morgan fingerprint density at radius 3 is 2.50 bits per heavy atom. The first-order valence-corrected chi connectivity index (χ1v) is 9.86. The highest BCUT2D eigenvalue weighted by atomic mass is 31.3. The fraction of sp³-hybridized carbons (Fsp3) is 0.500. The average Bonchev–Trinajstić information content (AvgIpc) is 2.79. The summed E-state index contributed by atoms with van der Waals surface area (Å²) in [7, 11) is -10.4. The van der Waals surface area contributed by atoms with E-state index in [0.29, 0.717) is 0 Å². The Morgan fingerprint density at radius 2 is 1.96 bits per heavy atom. The number of rotatable bonds is 6. The van der Waals surface area contributed by atoms with E-state index in [0.717, 1.165) is 0 Å². The van der Waals surface area contributed by atoms with Gasteiger partial charge < -0.3 is 34.5 Å². The Morgan fingerprint density at radius 1 is 1.31 bits per heavy atom. The number of amidine groups is 1. The van der Waals surface area contributed by atoms with Crippen LogP contribution in [0.3, 0.4) is 0 Å². The zero-order chi connectivity index (χ0) is 19.7. The van der Waals surface area contributed by atoms with E-state index < -0.39 is 46.8 Å². The minimum Gasteiger partial charge on any atom is -0.387 e. The molecule has 16 heteroatoms. The van der Waals surface area contributed by atoms with Crippen molar-refractivity contribution in [1.82, 2.24) is 10.4 Å². The number of nitrogens with one attached hydrogen (secondary N) is 1. The predicted octanol–water partition coefficient (Wildman–Crippen LogP) is -1.66. The van der Waals surface area contributed by atoms with Gasteiger partial charge in [-0.15, -0.1) is 0 Å². The third-order valence-corrected chi connectivity index (χ3v) is 5.43. The van der Waals surface area contributed by atoms with Gasteiger partial charge in [-0.1, -0.05) is 6.58 Å². The molecule has 1 fully saturated rings. The van der Waals surface area contributed by atoms with Gasteiger partial charge in [0.15, 0.2) is 12.1 Å². The normalized spacial score (nSPS) is 31.7. The van der Waals surface area contributed by atoms with Crippen LogP contribution >= 0.6 is 15.6 Å². The third-order valence-electron chi connectivity index (χ3n) is 3.28. The molecule has 0 amide bonds. The summed E-state index contributed by atoms with van der Waals surface area (Å²) >= 11 is 0. The van der Waals surface area contributed by atoms with Gasteiger partial charge in [0.05, 0.1) is 6.61 Å². The van der Waals surface area contributed by atoms with Gasteiger partial charge in [0.25, 0.3) is 0 Å². The largest absolute Gasteiger partial charge is 0.481 e. The van der Waals surface area contributed by atoms with Crippen molar-refractivity contribution in [3.05, 3.63) is 24.7 Å². The second-order valence-corrected chi connectivity index (χ2v) is 7.96. The van der Waals surface area contributed by atoms with Gasteiger partial charge in [0.2, 0.25) is 0 Å². The molecule has 7 N–H and O–H groups in total. The molecule has 14 nitrogen and oxygen atoms in total. The zero-order valence-corrected chi connectivity index (χ0v) is 14.7. The topological polar surface area (TPSA) is 211 Å². The maximum atomic E-state index is 11.4. The standard InChI is InChI=1S/C10H17N3O11P2/c1-5-11-7(12-16)2-3-13(5)10-9(15)8(14)6(23-10)4-22-26(20,21)24-25(17,18)19/h2-3,6,8-10,14-16H,1,4H2,(H,11,12)(H,20,21)(H2,17,18,19)/t6-,8-,9-,10-/m1/s1. The monoisotopic (exact) mass is 417 g/mol. The lowest BCUT2D eigenvalue weighted by Crippen LogP contribution is -2.42.